The summed E-state index contributed by atoms with van der Waals surface area (Å²) in [6.45, 7) is 4.08. The second kappa shape index (κ2) is 7.44. The van der Waals surface area contributed by atoms with Crippen LogP contribution in [-0.2, 0) is 0 Å². The molecule has 27 heavy (non-hydrogen) atoms. The maximum absolute atomic E-state index is 13.2. The van der Waals surface area contributed by atoms with Gasteiger partial charge in [-0.05, 0) is 51.0 Å². The lowest BCUT2D eigenvalue weighted by atomic mass is 10.2. The van der Waals surface area contributed by atoms with E-state index in [1.54, 1.807) is 12.1 Å². The Bertz CT molecular complexity index is 994. The third-order valence-electron chi connectivity index (χ3n) is 4.51. The van der Waals surface area contributed by atoms with Crippen LogP contribution in [0, 0.1) is 19.7 Å². The lowest BCUT2D eigenvalue weighted by molar-refractivity contribution is 0.102. The monoisotopic (exact) mass is 402 g/mol. The predicted molar refractivity (Wildman–Crippen MR) is 107 cm³/mol. The van der Waals surface area contributed by atoms with Crippen LogP contribution >= 0.6 is 23.1 Å². The topological polar surface area (TPSA) is 59.8 Å². The van der Waals surface area contributed by atoms with Crippen molar-refractivity contribution in [1.82, 2.24) is 14.8 Å². The molecule has 0 spiro atoms. The number of anilines is 2. The SMILES string of the molecule is Cc1cc(C(=O)CSc2nnc(Nc3cccc(F)c3)s2)c(C)n1C1CC1. The van der Waals surface area contributed by atoms with Crippen molar-refractivity contribution in [3.8, 4) is 0 Å². The lowest BCUT2D eigenvalue weighted by Gasteiger charge is -2.07. The molecule has 1 aliphatic carbocycles. The average molecular weight is 403 g/mol. The van der Waals surface area contributed by atoms with E-state index in [2.05, 4.69) is 27.0 Å². The summed E-state index contributed by atoms with van der Waals surface area (Å²) in [5.41, 5.74) is 3.63. The molecule has 1 aliphatic rings. The summed E-state index contributed by atoms with van der Waals surface area (Å²) in [7, 11) is 0. The van der Waals surface area contributed by atoms with E-state index < -0.39 is 0 Å². The number of aromatic nitrogens is 3. The maximum Gasteiger partial charge on any atom is 0.210 e. The fourth-order valence-electron chi connectivity index (χ4n) is 3.17. The van der Waals surface area contributed by atoms with Gasteiger partial charge in [0.1, 0.15) is 5.82 Å². The minimum Gasteiger partial charge on any atom is -0.345 e. The highest BCUT2D eigenvalue weighted by molar-refractivity contribution is 8.01. The van der Waals surface area contributed by atoms with Gasteiger partial charge in [0.15, 0.2) is 10.1 Å². The van der Waals surface area contributed by atoms with Gasteiger partial charge in [0, 0.05) is 28.7 Å². The molecule has 0 saturated heterocycles. The zero-order chi connectivity index (χ0) is 19.0. The van der Waals surface area contributed by atoms with E-state index >= 15 is 0 Å². The van der Waals surface area contributed by atoms with Gasteiger partial charge in [-0.25, -0.2) is 4.39 Å². The van der Waals surface area contributed by atoms with Crippen LogP contribution in [0.3, 0.4) is 0 Å². The first-order valence-corrected chi connectivity index (χ1v) is 10.5. The van der Waals surface area contributed by atoms with E-state index in [4.69, 9.17) is 0 Å². The Labute approximate surface area is 165 Å². The van der Waals surface area contributed by atoms with Crippen LogP contribution in [0.2, 0.25) is 0 Å². The van der Waals surface area contributed by atoms with Gasteiger partial charge in [0.05, 0.1) is 5.75 Å². The summed E-state index contributed by atoms with van der Waals surface area (Å²) >= 11 is 2.73. The van der Waals surface area contributed by atoms with E-state index in [9.17, 15) is 9.18 Å². The molecule has 1 saturated carbocycles. The standard InChI is InChI=1S/C19H19FN4OS2/c1-11-8-16(12(2)24(11)15-6-7-15)17(25)10-26-19-23-22-18(27-19)21-14-5-3-4-13(20)9-14/h3-5,8-9,15H,6-7,10H2,1-2H3,(H,21,22). The van der Waals surface area contributed by atoms with Crippen molar-refractivity contribution in [2.45, 2.75) is 37.1 Å². The molecular weight excluding hydrogens is 383 g/mol. The molecule has 0 unspecified atom stereocenters. The Kier molecular flexibility index (Phi) is 5.01. The van der Waals surface area contributed by atoms with E-state index in [0.29, 0.717) is 27.0 Å². The number of hydrogen-bond acceptors (Lipinski definition) is 6. The van der Waals surface area contributed by atoms with Crippen molar-refractivity contribution in [2.24, 2.45) is 0 Å². The summed E-state index contributed by atoms with van der Waals surface area (Å²) in [5, 5.41) is 11.8. The van der Waals surface area contributed by atoms with Crippen LogP contribution < -0.4 is 5.32 Å². The van der Waals surface area contributed by atoms with Gasteiger partial charge >= 0.3 is 0 Å². The Morgan fingerprint density at radius 3 is 2.89 bits per heavy atom. The molecule has 2 heterocycles. The van der Waals surface area contributed by atoms with Gasteiger partial charge in [-0.15, -0.1) is 10.2 Å². The summed E-state index contributed by atoms with van der Waals surface area (Å²) in [6, 6.07) is 8.74. The maximum atomic E-state index is 13.2. The fraction of sp³-hybridized carbons (Fsp3) is 0.316. The third kappa shape index (κ3) is 4.06. The summed E-state index contributed by atoms with van der Waals surface area (Å²) in [4.78, 5) is 12.6. The predicted octanol–water partition coefficient (Wildman–Crippen LogP) is 5.15. The Morgan fingerprint density at radius 2 is 2.15 bits per heavy atom. The van der Waals surface area contributed by atoms with Gasteiger partial charge in [0.25, 0.3) is 0 Å². The van der Waals surface area contributed by atoms with Crippen LogP contribution in [0.4, 0.5) is 15.2 Å². The van der Waals surface area contributed by atoms with Crippen molar-refractivity contribution in [2.75, 3.05) is 11.1 Å². The van der Waals surface area contributed by atoms with E-state index in [-0.39, 0.29) is 11.6 Å². The number of benzene rings is 1. The van der Waals surface area contributed by atoms with Crippen LogP contribution in [0.25, 0.3) is 0 Å². The number of rotatable bonds is 7. The first kappa shape index (κ1) is 18.2. The normalized spacial score (nSPS) is 13.7. The highest BCUT2D eigenvalue weighted by atomic mass is 32.2. The highest BCUT2D eigenvalue weighted by Gasteiger charge is 2.28. The lowest BCUT2D eigenvalue weighted by Crippen LogP contribution is -2.05. The molecule has 1 aromatic carbocycles. The Hall–Kier alpha value is -2.19. The Balaban J connectivity index is 1.38. The molecule has 0 atom stereocenters. The molecule has 140 valence electrons. The molecule has 8 heteroatoms. The number of halogens is 1. The number of nitrogens with one attached hydrogen (secondary N) is 1. The van der Waals surface area contributed by atoms with Crippen LogP contribution in [0.1, 0.15) is 40.6 Å². The molecule has 5 nitrogen and oxygen atoms in total. The number of ketones is 1. The highest BCUT2D eigenvalue weighted by Crippen LogP contribution is 2.38. The minimum absolute atomic E-state index is 0.106. The summed E-state index contributed by atoms with van der Waals surface area (Å²) in [5.74, 6) is 0.118. The first-order valence-electron chi connectivity index (χ1n) is 8.72. The third-order valence-corrected chi connectivity index (χ3v) is 6.48. The average Bonchev–Trinajstić information content (AvgIpc) is 3.28. The molecule has 0 aliphatic heterocycles. The first-order chi connectivity index (χ1) is 13.0. The number of carbonyl (C=O) groups is 1. The molecule has 0 amide bonds. The zero-order valence-corrected chi connectivity index (χ0v) is 16.7. The fourth-order valence-corrected chi connectivity index (χ4v) is 4.82. The molecule has 1 fully saturated rings. The summed E-state index contributed by atoms with van der Waals surface area (Å²) in [6.07, 6.45) is 2.40. The van der Waals surface area contributed by atoms with Gasteiger partial charge in [0.2, 0.25) is 5.13 Å². The van der Waals surface area contributed by atoms with Crippen molar-refractivity contribution in [3.05, 3.63) is 53.1 Å². The molecular formula is C19H19FN4OS2. The Morgan fingerprint density at radius 1 is 1.33 bits per heavy atom. The number of aryl methyl sites for hydroxylation is 1. The molecule has 3 aromatic rings. The second-order valence-corrected chi connectivity index (χ2v) is 8.81. The van der Waals surface area contributed by atoms with Crippen LogP contribution in [0.5, 0.6) is 0 Å². The van der Waals surface area contributed by atoms with E-state index in [0.717, 1.165) is 17.0 Å². The molecule has 4 rings (SSSR count). The van der Waals surface area contributed by atoms with Crippen molar-refractivity contribution < 1.29 is 9.18 Å². The minimum atomic E-state index is -0.312. The second-order valence-electron chi connectivity index (χ2n) is 6.61. The van der Waals surface area contributed by atoms with Gasteiger partial charge in [-0.2, -0.15) is 0 Å². The number of Topliss-reactive ketones (excluding diaryl/α,β-unsaturated/α-hetero) is 1. The molecule has 0 radical (unpaired) electrons. The summed E-state index contributed by atoms with van der Waals surface area (Å²) < 4.78 is 16.2. The van der Waals surface area contributed by atoms with Crippen molar-refractivity contribution in [3.63, 3.8) is 0 Å². The smallest absolute Gasteiger partial charge is 0.210 e. The van der Waals surface area contributed by atoms with Crippen molar-refractivity contribution >= 4 is 39.7 Å². The van der Waals surface area contributed by atoms with Gasteiger partial charge in [-0.3, -0.25) is 4.79 Å². The largest absolute Gasteiger partial charge is 0.345 e. The van der Waals surface area contributed by atoms with Crippen LogP contribution in [0.15, 0.2) is 34.7 Å². The van der Waals surface area contributed by atoms with Crippen molar-refractivity contribution in [1.29, 1.82) is 0 Å². The van der Waals surface area contributed by atoms with Crippen LogP contribution in [-0.4, -0.2) is 26.3 Å². The molecule has 1 N–H and O–H groups in total. The van der Waals surface area contributed by atoms with E-state index in [1.165, 1.54) is 48.1 Å². The number of hydrogen-bond donors (Lipinski definition) is 1. The molecule has 2 aromatic heterocycles. The number of carbonyl (C=O) groups excluding carboxylic acids is 1. The quantitative estimate of drug-likeness (QED) is 0.437. The number of nitrogens with zero attached hydrogens (tertiary/aromatic N) is 3. The molecule has 0 bridgehead atoms. The number of thioether (sulfide) groups is 1. The zero-order valence-electron chi connectivity index (χ0n) is 15.0. The van der Waals surface area contributed by atoms with E-state index in [1.807, 2.05) is 13.0 Å². The van der Waals surface area contributed by atoms with Gasteiger partial charge < -0.3 is 9.88 Å². The van der Waals surface area contributed by atoms with Gasteiger partial charge in [-0.1, -0.05) is 29.2 Å².